The van der Waals surface area contributed by atoms with E-state index in [0.717, 1.165) is 24.7 Å². The predicted molar refractivity (Wildman–Crippen MR) is 104 cm³/mol. The van der Waals surface area contributed by atoms with Crippen molar-refractivity contribution in [2.45, 2.75) is 105 Å². The molecule has 0 amide bonds. The maximum atomic E-state index is 6.58. The normalized spacial score (nSPS) is 61.6. The molecule has 6 fully saturated rings. The first-order valence-corrected chi connectivity index (χ1v) is 11.6. The minimum atomic E-state index is -0.0432. The number of ether oxygens (including phenoxy) is 3. The highest BCUT2D eigenvalue weighted by Crippen LogP contribution is 2.72. The quantitative estimate of drug-likeness (QED) is 0.650. The van der Waals surface area contributed by atoms with Crippen LogP contribution < -0.4 is 0 Å². The van der Waals surface area contributed by atoms with E-state index in [1.807, 2.05) is 0 Å². The maximum absolute atomic E-state index is 6.58. The average Bonchev–Trinajstić information content (AvgIpc) is 3.33. The van der Waals surface area contributed by atoms with Gasteiger partial charge in [0.15, 0.2) is 12.6 Å². The smallest absolute Gasteiger partial charge is 0.161 e. The van der Waals surface area contributed by atoms with Gasteiger partial charge in [0.1, 0.15) is 0 Å². The Morgan fingerprint density at radius 3 is 1.44 bits per heavy atom. The third-order valence-corrected chi connectivity index (χ3v) is 11.6. The van der Waals surface area contributed by atoms with E-state index in [4.69, 9.17) is 14.2 Å². The molecule has 4 aliphatic carbocycles. The van der Waals surface area contributed by atoms with Crippen LogP contribution in [0.3, 0.4) is 0 Å². The molecule has 10 atom stereocenters. The molecule has 0 spiro atoms. The number of fused-ring (bicyclic) bond motifs is 10. The lowest BCUT2D eigenvalue weighted by molar-refractivity contribution is -0.252. The number of hydrogen-bond acceptors (Lipinski definition) is 3. The minimum absolute atomic E-state index is 0.0432. The summed E-state index contributed by atoms with van der Waals surface area (Å²) in [5.41, 5.74) is 1.47. The van der Waals surface area contributed by atoms with Gasteiger partial charge in [0, 0.05) is 12.8 Å². The average molecular weight is 375 g/mol. The van der Waals surface area contributed by atoms with Crippen LogP contribution in [0.4, 0.5) is 0 Å². The highest BCUT2D eigenvalue weighted by molar-refractivity contribution is 5.18. The second-order valence-electron chi connectivity index (χ2n) is 12.5. The lowest BCUT2D eigenvalue weighted by Crippen LogP contribution is -2.39. The van der Waals surface area contributed by atoms with E-state index in [2.05, 4.69) is 41.5 Å². The van der Waals surface area contributed by atoms with E-state index in [1.54, 1.807) is 0 Å². The minimum Gasteiger partial charge on any atom is -0.348 e. The van der Waals surface area contributed by atoms with Crippen LogP contribution in [0.15, 0.2) is 0 Å². The monoisotopic (exact) mass is 374 g/mol. The largest absolute Gasteiger partial charge is 0.348 e. The van der Waals surface area contributed by atoms with Crippen LogP contribution in [-0.2, 0) is 14.2 Å². The molecule has 0 N–H and O–H groups in total. The summed E-state index contributed by atoms with van der Waals surface area (Å²) in [7, 11) is 0. The van der Waals surface area contributed by atoms with Crippen LogP contribution in [0.25, 0.3) is 0 Å². The Morgan fingerprint density at radius 1 is 0.667 bits per heavy atom. The topological polar surface area (TPSA) is 27.7 Å². The van der Waals surface area contributed by atoms with E-state index in [-0.39, 0.29) is 12.6 Å². The molecule has 6 rings (SSSR count). The molecule has 2 aliphatic heterocycles. The Labute approximate surface area is 164 Å². The number of rotatable bonds is 2. The zero-order valence-electron chi connectivity index (χ0n) is 18.1. The van der Waals surface area contributed by atoms with Gasteiger partial charge in [-0.15, -0.1) is 0 Å². The Balaban J connectivity index is 1.15. The van der Waals surface area contributed by atoms with Gasteiger partial charge in [-0.3, -0.25) is 0 Å². The van der Waals surface area contributed by atoms with Crippen LogP contribution in [0.1, 0.15) is 80.1 Å². The molecule has 0 unspecified atom stereocenters. The maximum Gasteiger partial charge on any atom is 0.161 e. The first-order valence-electron chi connectivity index (χ1n) is 11.6. The SMILES string of the molecule is CC1(C)[C@H]2CC[C@@]1(C)[C@@H]1O[C@H](O[C@@H]3C[C@H]4[C@H]5CC[C@](C)([C@@H]4O3)C5(C)C)C[C@H]12. The predicted octanol–water partition coefficient (Wildman–Crippen LogP) is 5.38. The Hall–Kier alpha value is -0.120. The molecule has 2 heterocycles. The fraction of sp³-hybridized carbons (Fsp3) is 1.00. The molecule has 0 aromatic rings. The summed E-state index contributed by atoms with van der Waals surface area (Å²) in [5, 5.41) is 0. The molecule has 4 bridgehead atoms. The first kappa shape index (κ1) is 17.7. The van der Waals surface area contributed by atoms with Crippen LogP contribution >= 0.6 is 0 Å². The molecule has 2 saturated heterocycles. The van der Waals surface area contributed by atoms with Crippen LogP contribution in [-0.4, -0.2) is 24.8 Å². The standard InChI is InChI=1S/C24H38O3/c1-21(2)15-7-9-23(21,5)19-13(15)11-17(26-19)25-18-12-14-16-8-10-24(6,20(14)27-18)22(16,3)4/h13-20H,7-12H2,1-6H3/t13-,14-,15-,16+,17-,18-,19+,20+,23-,24+/m0/s1. The van der Waals surface area contributed by atoms with E-state index in [0.29, 0.717) is 45.7 Å². The van der Waals surface area contributed by atoms with Gasteiger partial charge in [-0.1, -0.05) is 41.5 Å². The molecular weight excluding hydrogens is 336 g/mol. The van der Waals surface area contributed by atoms with E-state index in [9.17, 15) is 0 Å². The molecular formula is C24H38O3. The zero-order chi connectivity index (χ0) is 19.0. The Morgan fingerprint density at radius 2 is 1.07 bits per heavy atom. The third kappa shape index (κ3) is 1.83. The Bertz CT molecular complexity index is 615. The van der Waals surface area contributed by atoms with E-state index < -0.39 is 0 Å². The molecule has 3 nitrogen and oxygen atoms in total. The van der Waals surface area contributed by atoms with Crippen LogP contribution in [0.5, 0.6) is 0 Å². The number of hydrogen-bond donors (Lipinski definition) is 0. The van der Waals surface area contributed by atoms with Gasteiger partial charge >= 0.3 is 0 Å². The Kier molecular flexibility index (Phi) is 3.25. The summed E-state index contributed by atoms with van der Waals surface area (Å²) >= 11 is 0. The second kappa shape index (κ2) is 4.95. The fourth-order valence-corrected chi connectivity index (χ4v) is 9.31. The van der Waals surface area contributed by atoms with Crippen molar-refractivity contribution < 1.29 is 14.2 Å². The van der Waals surface area contributed by atoms with Crippen molar-refractivity contribution in [2.24, 2.45) is 45.3 Å². The van der Waals surface area contributed by atoms with Gasteiger partial charge in [0.05, 0.1) is 12.2 Å². The zero-order valence-corrected chi connectivity index (χ0v) is 18.1. The highest BCUT2D eigenvalue weighted by atomic mass is 16.8. The summed E-state index contributed by atoms with van der Waals surface area (Å²) in [6, 6.07) is 0. The van der Waals surface area contributed by atoms with Crippen molar-refractivity contribution in [3.8, 4) is 0 Å². The summed E-state index contributed by atoms with van der Waals surface area (Å²) in [6.45, 7) is 14.8. The molecule has 0 aromatic heterocycles. The summed E-state index contributed by atoms with van der Waals surface area (Å²) < 4.78 is 19.6. The molecule has 0 aromatic carbocycles. The fourth-order valence-electron chi connectivity index (χ4n) is 9.31. The molecule has 6 aliphatic rings. The van der Waals surface area contributed by atoms with E-state index in [1.165, 1.54) is 25.7 Å². The van der Waals surface area contributed by atoms with Gasteiger partial charge in [-0.05, 0) is 71.0 Å². The molecule has 3 heteroatoms. The lowest BCUT2D eigenvalue weighted by atomic mass is 9.70. The van der Waals surface area contributed by atoms with Gasteiger partial charge in [0.25, 0.3) is 0 Å². The first-order chi connectivity index (χ1) is 12.6. The molecule has 0 radical (unpaired) electrons. The van der Waals surface area contributed by atoms with E-state index >= 15 is 0 Å². The lowest BCUT2D eigenvalue weighted by Gasteiger charge is -2.39. The van der Waals surface area contributed by atoms with Crippen LogP contribution in [0, 0.1) is 45.3 Å². The third-order valence-electron chi connectivity index (χ3n) is 11.6. The summed E-state index contributed by atoms with van der Waals surface area (Å²) in [6.07, 6.45) is 8.24. The molecule has 4 saturated carbocycles. The van der Waals surface area contributed by atoms with Crippen molar-refractivity contribution in [1.82, 2.24) is 0 Å². The van der Waals surface area contributed by atoms with Crippen molar-refractivity contribution in [1.29, 1.82) is 0 Å². The van der Waals surface area contributed by atoms with Gasteiger partial charge < -0.3 is 14.2 Å². The van der Waals surface area contributed by atoms with Gasteiger partial charge in [-0.2, -0.15) is 0 Å². The van der Waals surface area contributed by atoms with Crippen molar-refractivity contribution in [2.75, 3.05) is 0 Å². The highest BCUT2D eigenvalue weighted by Gasteiger charge is 2.71. The second-order valence-corrected chi connectivity index (χ2v) is 12.5. The summed E-state index contributed by atoms with van der Waals surface area (Å²) in [5.74, 6) is 3.00. The molecule has 27 heavy (non-hydrogen) atoms. The van der Waals surface area contributed by atoms with Crippen LogP contribution in [0.2, 0.25) is 0 Å². The molecule has 152 valence electrons. The summed E-state index contributed by atoms with van der Waals surface area (Å²) in [4.78, 5) is 0. The van der Waals surface area contributed by atoms with Crippen molar-refractivity contribution in [3.05, 3.63) is 0 Å². The van der Waals surface area contributed by atoms with Crippen molar-refractivity contribution in [3.63, 3.8) is 0 Å². The van der Waals surface area contributed by atoms with Gasteiger partial charge in [-0.25, -0.2) is 0 Å². The van der Waals surface area contributed by atoms with Gasteiger partial charge in [0.2, 0.25) is 0 Å². The van der Waals surface area contributed by atoms with Crippen molar-refractivity contribution >= 4 is 0 Å².